The zero-order valence-electron chi connectivity index (χ0n) is 23.5. The number of nitrogens with one attached hydrogen (secondary N) is 1. The van der Waals surface area contributed by atoms with Crippen LogP contribution in [-0.4, -0.2) is 43.8 Å². The molecule has 0 radical (unpaired) electrons. The van der Waals surface area contributed by atoms with Crippen molar-refractivity contribution in [3.05, 3.63) is 92.9 Å². The third-order valence-corrected chi connectivity index (χ3v) is 10.2. The fourth-order valence-corrected chi connectivity index (χ4v) is 7.40. The lowest BCUT2D eigenvalue weighted by atomic mass is 10.1. The van der Waals surface area contributed by atoms with Gasteiger partial charge in [-0.2, -0.15) is 0 Å². The standard InChI is InChI=1S/C31H34Cl3N3O4S/c1-3-28(31(39)35-23-10-7-8-11-23)36(19-25-26(33)14-9-15-27(25)34)30(38)20-37(29-18-22(32)17-16-21(29)2)42(40,41)24-12-5-4-6-13-24/h4-6,9,12-18,23,28H,3,7-8,10-11,19-20H2,1-2H3,(H,35,39). The number of amides is 2. The molecule has 0 bridgehead atoms. The van der Waals surface area contributed by atoms with Gasteiger partial charge < -0.3 is 10.2 Å². The Morgan fingerprint density at radius 2 is 1.60 bits per heavy atom. The number of carbonyl (C=O) groups excluding carboxylic acids is 2. The minimum atomic E-state index is -4.21. The average molecular weight is 651 g/mol. The molecular weight excluding hydrogens is 617 g/mol. The Labute approximate surface area is 262 Å². The predicted molar refractivity (Wildman–Crippen MR) is 169 cm³/mol. The summed E-state index contributed by atoms with van der Waals surface area (Å²) in [6.07, 6.45) is 4.12. The molecule has 0 heterocycles. The maximum Gasteiger partial charge on any atom is 0.264 e. The number of hydrogen-bond acceptors (Lipinski definition) is 4. The molecule has 1 aliphatic carbocycles. The van der Waals surface area contributed by atoms with Crippen LogP contribution in [0.3, 0.4) is 0 Å². The maximum atomic E-state index is 14.3. The van der Waals surface area contributed by atoms with Crippen molar-refractivity contribution in [2.45, 2.75) is 69.5 Å². The highest BCUT2D eigenvalue weighted by atomic mass is 35.5. The van der Waals surface area contributed by atoms with Crippen LogP contribution in [0.25, 0.3) is 0 Å². The Kier molecular flexibility index (Phi) is 10.8. The summed E-state index contributed by atoms with van der Waals surface area (Å²) in [7, 11) is -4.21. The number of halogens is 3. The molecule has 4 rings (SSSR count). The SMILES string of the molecule is CCC(C(=O)NC1CCCC1)N(Cc1c(Cl)cccc1Cl)C(=O)CN(c1cc(Cl)ccc1C)S(=O)(=O)c1ccccc1. The van der Waals surface area contributed by atoms with Gasteiger partial charge in [0.05, 0.1) is 10.6 Å². The summed E-state index contributed by atoms with van der Waals surface area (Å²) in [5.74, 6) is -0.879. The van der Waals surface area contributed by atoms with Gasteiger partial charge in [-0.05, 0) is 68.1 Å². The van der Waals surface area contributed by atoms with Crippen molar-refractivity contribution in [1.82, 2.24) is 10.2 Å². The van der Waals surface area contributed by atoms with Crippen molar-refractivity contribution in [3.63, 3.8) is 0 Å². The van der Waals surface area contributed by atoms with Gasteiger partial charge in [0.2, 0.25) is 11.8 Å². The molecule has 0 spiro atoms. The summed E-state index contributed by atoms with van der Waals surface area (Å²) in [6, 6.07) is 16.9. The number of aryl methyl sites for hydroxylation is 1. The Morgan fingerprint density at radius 1 is 0.952 bits per heavy atom. The number of sulfonamides is 1. The van der Waals surface area contributed by atoms with Crippen LogP contribution in [0.1, 0.15) is 50.2 Å². The van der Waals surface area contributed by atoms with E-state index in [-0.39, 0.29) is 29.1 Å². The number of rotatable bonds is 11. The molecule has 11 heteroatoms. The average Bonchev–Trinajstić information content (AvgIpc) is 3.48. The number of benzene rings is 3. The van der Waals surface area contributed by atoms with Crippen LogP contribution in [-0.2, 0) is 26.2 Å². The fourth-order valence-electron chi connectivity index (χ4n) is 5.23. The van der Waals surface area contributed by atoms with Gasteiger partial charge >= 0.3 is 0 Å². The Bertz CT molecular complexity index is 1510. The lowest BCUT2D eigenvalue weighted by molar-refractivity contribution is -0.140. The normalized spacial score (nSPS) is 14.4. The molecular formula is C31H34Cl3N3O4S. The molecule has 0 saturated heterocycles. The fraction of sp³-hybridized carbons (Fsp3) is 0.355. The van der Waals surface area contributed by atoms with Gasteiger partial charge in [0.25, 0.3) is 10.0 Å². The molecule has 1 unspecified atom stereocenters. The molecule has 0 aliphatic heterocycles. The Balaban J connectivity index is 1.77. The van der Waals surface area contributed by atoms with Gasteiger partial charge in [-0.3, -0.25) is 13.9 Å². The lowest BCUT2D eigenvalue weighted by Crippen LogP contribution is -2.53. The van der Waals surface area contributed by atoms with Gasteiger partial charge in [-0.25, -0.2) is 8.42 Å². The Hall–Kier alpha value is -2.78. The minimum Gasteiger partial charge on any atom is -0.352 e. The number of nitrogens with zero attached hydrogens (tertiary/aromatic N) is 2. The van der Waals surface area contributed by atoms with E-state index in [4.69, 9.17) is 34.8 Å². The van der Waals surface area contributed by atoms with Crippen LogP contribution < -0.4 is 9.62 Å². The van der Waals surface area contributed by atoms with E-state index >= 15 is 0 Å². The molecule has 1 atom stereocenters. The quantitative estimate of drug-likeness (QED) is 0.242. The number of anilines is 1. The first kappa shape index (κ1) is 32.1. The Morgan fingerprint density at radius 3 is 2.21 bits per heavy atom. The highest BCUT2D eigenvalue weighted by Gasteiger charge is 2.35. The lowest BCUT2D eigenvalue weighted by Gasteiger charge is -2.34. The van der Waals surface area contributed by atoms with Gasteiger partial charge in [0.1, 0.15) is 12.6 Å². The van der Waals surface area contributed by atoms with Crippen molar-refractivity contribution in [1.29, 1.82) is 0 Å². The molecule has 3 aromatic rings. The summed E-state index contributed by atoms with van der Waals surface area (Å²) in [5, 5.41) is 4.09. The molecule has 1 fully saturated rings. The second kappa shape index (κ2) is 14.1. The molecule has 42 heavy (non-hydrogen) atoms. The van der Waals surface area contributed by atoms with Gasteiger partial charge in [0, 0.05) is 33.2 Å². The van der Waals surface area contributed by atoms with Crippen LogP contribution >= 0.6 is 34.8 Å². The highest BCUT2D eigenvalue weighted by Crippen LogP contribution is 2.31. The van der Waals surface area contributed by atoms with Crippen molar-refractivity contribution < 1.29 is 18.0 Å². The van der Waals surface area contributed by atoms with E-state index < -0.39 is 28.5 Å². The maximum absolute atomic E-state index is 14.3. The van der Waals surface area contributed by atoms with E-state index in [2.05, 4.69) is 5.32 Å². The zero-order chi connectivity index (χ0) is 30.4. The molecule has 0 aromatic heterocycles. The van der Waals surface area contributed by atoms with Crippen LogP contribution in [0.15, 0.2) is 71.6 Å². The van der Waals surface area contributed by atoms with Gasteiger partial charge in [-0.1, -0.05) is 84.9 Å². The third kappa shape index (κ3) is 7.40. The molecule has 1 aliphatic rings. The van der Waals surface area contributed by atoms with E-state index in [0.29, 0.717) is 32.6 Å². The van der Waals surface area contributed by atoms with Crippen LogP contribution in [0, 0.1) is 6.92 Å². The molecule has 1 saturated carbocycles. The molecule has 224 valence electrons. The van der Waals surface area contributed by atoms with E-state index in [1.807, 2.05) is 6.92 Å². The van der Waals surface area contributed by atoms with Crippen molar-refractivity contribution >= 4 is 62.3 Å². The molecule has 3 aromatic carbocycles. The first-order valence-corrected chi connectivity index (χ1v) is 16.5. The largest absolute Gasteiger partial charge is 0.352 e. The first-order chi connectivity index (χ1) is 20.0. The van der Waals surface area contributed by atoms with Crippen LogP contribution in [0.4, 0.5) is 5.69 Å². The summed E-state index contributed by atoms with van der Waals surface area (Å²) in [5.41, 5.74) is 1.34. The third-order valence-electron chi connectivity index (χ3n) is 7.53. The topological polar surface area (TPSA) is 86.8 Å². The second-order valence-electron chi connectivity index (χ2n) is 10.4. The van der Waals surface area contributed by atoms with Crippen LogP contribution in [0.5, 0.6) is 0 Å². The number of carbonyl (C=O) groups is 2. The second-order valence-corrected chi connectivity index (χ2v) is 13.5. The summed E-state index contributed by atoms with van der Waals surface area (Å²) in [6.45, 7) is 2.90. The van der Waals surface area contributed by atoms with Crippen LogP contribution in [0.2, 0.25) is 15.1 Å². The van der Waals surface area contributed by atoms with E-state index in [0.717, 1.165) is 30.0 Å². The van der Waals surface area contributed by atoms with Crippen molar-refractivity contribution in [2.24, 2.45) is 0 Å². The monoisotopic (exact) mass is 649 g/mol. The first-order valence-electron chi connectivity index (χ1n) is 13.9. The minimum absolute atomic E-state index is 0.0175. The molecule has 1 N–H and O–H groups in total. The van der Waals surface area contributed by atoms with Crippen molar-refractivity contribution in [2.75, 3.05) is 10.8 Å². The van der Waals surface area contributed by atoms with Crippen molar-refractivity contribution in [3.8, 4) is 0 Å². The molecule has 2 amide bonds. The van der Waals surface area contributed by atoms with E-state index in [9.17, 15) is 18.0 Å². The summed E-state index contributed by atoms with van der Waals surface area (Å²) < 4.78 is 29.1. The predicted octanol–water partition coefficient (Wildman–Crippen LogP) is 7.02. The molecule has 7 nitrogen and oxygen atoms in total. The highest BCUT2D eigenvalue weighted by molar-refractivity contribution is 7.92. The summed E-state index contributed by atoms with van der Waals surface area (Å²) >= 11 is 19.3. The summed E-state index contributed by atoms with van der Waals surface area (Å²) in [4.78, 5) is 29.3. The van der Waals surface area contributed by atoms with E-state index in [1.165, 1.54) is 23.1 Å². The zero-order valence-corrected chi connectivity index (χ0v) is 26.6. The smallest absolute Gasteiger partial charge is 0.264 e. The van der Waals surface area contributed by atoms with Gasteiger partial charge in [-0.15, -0.1) is 0 Å². The number of hydrogen-bond donors (Lipinski definition) is 1. The van der Waals surface area contributed by atoms with Gasteiger partial charge in [0.15, 0.2) is 0 Å². The van der Waals surface area contributed by atoms with E-state index in [1.54, 1.807) is 55.5 Å².